The predicted molar refractivity (Wildman–Crippen MR) is 44.9 cm³/mol. The molecule has 1 aliphatic carbocycles. The summed E-state index contributed by atoms with van der Waals surface area (Å²) in [5.41, 5.74) is -1.81. The second kappa shape index (κ2) is 2.56. The zero-order valence-corrected chi connectivity index (χ0v) is 8.17. The summed E-state index contributed by atoms with van der Waals surface area (Å²) in [6.45, 7) is 3.14. The molecule has 2 rings (SSSR count). The molecule has 0 amide bonds. The summed E-state index contributed by atoms with van der Waals surface area (Å²) in [7, 11) is 0. The number of carboxylic acids is 1. The molecule has 1 N–H and O–H groups in total. The SMILES string of the molecule is Cc1nc(C2(C(=O)O)CC2(F)F)oc1C. The highest BCUT2D eigenvalue weighted by atomic mass is 19.3. The topological polar surface area (TPSA) is 63.3 Å². The lowest BCUT2D eigenvalue weighted by atomic mass is 10.1. The van der Waals surface area contributed by atoms with Gasteiger partial charge in [0.1, 0.15) is 5.76 Å². The number of alkyl halides is 2. The Morgan fingerprint density at radius 3 is 2.33 bits per heavy atom. The van der Waals surface area contributed by atoms with Crippen LogP contribution >= 0.6 is 0 Å². The molecule has 1 unspecified atom stereocenters. The fourth-order valence-electron chi connectivity index (χ4n) is 1.50. The van der Waals surface area contributed by atoms with Gasteiger partial charge in [-0.2, -0.15) is 0 Å². The van der Waals surface area contributed by atoms with Gasteiger partial charge in [0.05, 0.1) is 5.69 Å². The van der Waals surface area contributed by atoms with Crippen molar-refractivity contribution in [3.63, 3.8) is 0 Å². The Kier molecular flexibility index (Phi) is 1.72. The van der Waals surface area contributed by atoms with Gasteiger partial charge in [-0.15, -0.1) is 0 Å². The van der Waals surface area contributed by atoms with Crippen LogP contribution in [0.25, 0.3) is 0 Å². The molecule has 0 saturated heterocycles. The van der Waals surface area contributed by atoms with E-state index >= 15 is 0 Å². The first-order chi connectivity index (χ1) is 6.81. The number of halogens is 2. The third kappa shape index (κ3) is 1.10. The monoisotopic (exact) mass is 217 g/mol. The molecule has 0 aromatic carbocycles. The molecular formula is C9H9F2NO3. The van der Waals surface area contributed by atoms with Crippen LogP contribution in [0.15, 0.2) is 4.42 Å². The van der Waals surface area contributed by atoms with Crippen molar-refractivity contribution in [1.82, 2.24) is 4.98 Å². The maximum absolute atomic E-state index is 13.0. The lowest BCUT2D eigenvalue weighted by Gasteiger charge is -2.05. The highest BCUT2D eigenvalue weighted by Crippen LogP contribution is 2.61. The maximum atomic E-state index is 13.0. The van der Waals surface area contributed by atoms with Gasteiger partial charge < -0.3 is 9.52 Å². The molecule has 1 heterocycles. The van der Waals surface area contributed by atoms with Gasteiger partial charge in [-0.3, -0.25) is 4.79 Å². The summed E-state index contributed by atoms with van der Waals surface area (Å²) < 4.78 is 31.1. The molecule has 0 spiro atoms. The van der Waals surface area contributed by atoms with Crippen LogP contribution < -0.4 is 0 Å². The Hall–Kier alpha value is -1.46. The Morgan fingerprint density at radius 1 is 1.53 bits per heavy atom. The minimum absolute atomic E-state index is 0.369. The van der Waals surface area contributed by atoms with E-state index in [0.29, 0.717) is 11.5 Å². The number of oxazole rings is 1. The minimum Gasteiger partial charge on any atom is -0.480 e. The lowest BCUT2D eigenvalue weighted by Crippen LogP contribution is -2.27. The van der Waals surface area contributed by atoms with E-state index in [9.17, 15) is 13.6 Å². The summed E-state index contributed by atoms with van der Waals surface area (Å²) in [6, 6.07) is 0. The highest BCUT2D eigenvalue weighted by molar-refractivity contribution is 5.86. The van der Waals surface area contributed by atoms with Crippen molar-refractivity contribution in [2.75, 3.05) is 0 Å². The average Bonchev–Trinajstić information content (AvgIpc) is 2.54. The molecule has 4 nitrogen and oxygen atoms in total. The van der Waals surface area contributed by atoms with E-state index in [0.717, 1.165) is 0 Å². The molecule has 0 aliphatic heterocycles. The van der Waals surface area contributed by atoms with Gasteiger partial charge in [-0.25, -0.2) is 13.8 Å². The quantitative estimate of drug-likeness (QED) is 0.818. The number of rotatable bonds is 2. The Labute approximate surface area is 83.9 Å². The second-order valence-corrected chi connectivity index (χ2v) is 3.75. The maximum Gasteiger partial charge on any atom is 0.325 e. The van der Waals surface area contributed by atoms with Crippen LogP contribution in [0, 0.1) is 13.8 Å². The van der Waals surface area contributed by atoms with E-state index in [2.05, 4.69) is 4.98 Å². The van der Waals surface area contributed by atoms with Gasteiger partial charge in [0.15, 0.2) is 0 Å². The molecule has 1 fully saturated rings. The van der Waals surface area contributed by atoms with Crippen molar-refractivity contribution in [2.24, 2.45) is 0 Å². The van der Waals surface area contributed by atoms with Crippen LogP contribution in [-0.2, 0) is 10.2 Å². The zero-order valence-electron chi connectivity index (χ0n) is 8.17. The van der Waals surface area contributed by atoms with Gasteiger partial charge in [0.25, 0.3) is 5.92 Å². The summed E-state index contributed by atoms with van der Waals surface area (Å²) in [5, 5.41) is 8.81. The van der Waals surface area contributed by atoms with E-state index in [1.807, 2.05) is 0 Å². The number of nitrogens with zero attached hydrogens (tertiary/aromatic N) is 1. The normalized spacial score (nSPS) is 27.7. The largest absolute Gasteiger partial charge is 0.480 e. The standard InChI is InChI=1S/C9H9F2NO3/c1-4-5(2)15-6(12-4)8(7(13)14)3-9(8,10)11/h3H2,1-2H3,(H,13,14). The lowest BCUT2D eigenvalue weighted by molar-refractivity contribution is -0.143. The summed E-state index contributed by atoms with van der Waals surface area (Å²) in [5.74, 6) is -4.88. The number of carboxylic acid groups (broad SMARTS) is 1. The van der Waals surface area contributed by atoms with Crippen molar-refractivity contribution < 1.29 is 23.1 Å². The zero-order chi connectivity index (χ0) is 11.4. The van der Waals surface area contributed by atoms with Crippen LogP contribution in [-0.4, -0.2) is 22.0 Å². The third-order valence-corrected chi connectivity index (χ3v) is 2.75. The molecular weight excluding hydrogens is 208 g/mol. The molecule has 1 atom stereocenters. The van der Waals surface area contributed by atoms with Gasteiger partial charge in [0, 0.05) is 6.42 Å². The second-order valence-electron chi connectivity index (χ2n) is 3.75. The Morgan fingerprint density at radius 2 is 2.07 bits per heavy atom. The Bertz CT molecular complexity index is 421. The van der Waals surface area contributed by atoms with Crippen LogP contribution in [0.1, 0.15) is 23.8 Å². The van der Waals surface area contributed by atoms with Gasteiger partial charge in [0.2, 0.25) is 11.3 Å². The number of aromatic nitrogens is 1. The van der Waals surface area contributed by atoms with Crippen LogP contribution in [0.3, 0.4) is 0 Å². The first kappa shape index (κ1) is 10.1. The van der Waals surface area contributed by atoms with Crippen molar-refractivity contribution in [3.8, 4) is 0 Å². The molecule has 0 radical (unpaired) electrons. The number of aryl methyl sites for hydroxylation is 2. The van der Waals surface area contributed by atoms with E-state index in [4.69, 9.17) is 9.52 Å². The summed E-state index contributed by atoms with van der Waals surface area (Å²) in [4.78, 5) is 14.6. The van der Waals surface area contributed by atoms with Crippen LogP contribution in [0.4, 0.5) is 8.78 Å². The number of hydrogen-bond donors (Lipinski definition) is 1. The van der Waals surface area contributed by atoms with Crippen molar-refractivity contribution in [3.05, 3.63) is 17.3 Å². The van der Waals surface area contributed by atoms with Crippen molar-refractivity contribution in [2.45, 2.75) is 31.6 Å². The average molecular weight is 217 g/mol. The fourth-order valence-corrected chi connectivity index (χ4v) is 1.50. The summed E-state index contributed by atoms with van der Waals surface area (Å²) >= 11 is 0. The molecule has 6 heteroatoms. The highest BCUT2D eigenvalue weighted by Gasteiger charge is 2.80. The fraction of sp³-hybridized carbons (Fsp3) is 0.556. The molecule has 1 saturated carbocycles. The smallest absolute Gasteiger partial charge is 0.325 e. The van der Waals surface area contributed by atoms with E-state index in [-0.39, 0.29) is 0 Å². The first-order valence-corrected chi connectivity index (χ1v) is 4.37. The van der Waals surface area contributed by atoms with E-state index in [1.54, 1.807) is 13.8 Å². The number of hydrogen-bond acceptors (Lipinski definition) is 3. The number of carbonyl (C=O) groups is 1. The Balaban J connectivity index is 2.50. The van der Waals surface area contributed by atoms with Gasteiger partial charge in [-0.1, -0.05) is 0 Å². The molecule has 1 aromatic rings. The van der Waals surface area contributed by atoms with Crippen LogP contribution in [0.2, 0.25) is 0 Å². The van der Waals surface area contributed by atoms with Crippen molar-refractivity contribution >= 4 is 5.97 Å². The summed E-state index contributed by atoms with van der Waals surface area (Å²) in [6.07, 6.45) is -0.741. The molecule has 0 bridgehead atoms. The number of aliphatic carboxylic acids is 1. The van der Waals surface area contributed by atoms with E-state index < -0.39 is 29.6 Å². The molecule has 15 heavy (non-hydrogen) atoms. The van der Waals surface area contributed by atoms with Gasteiger partial charge >= 0.3 is 5.97 Å². The molecule has 82 valence electrons. The van der Waals surface area contributed by atoms with Crippen LogP contribution in [0.5, 0.6) is 0 Å². The van der Waals surface area contributed by atoms with E-state index in [1.165, 1.54) is 0 Å². The van der Waals surface area contributed by atoms with Crippen molar-refractivity contribution in [1.29, 1.82) is 0 Å². The molecule has 1 aliphatic rings. The third-order valence-electron chi connectivity index (χ3n) is 2.75. The first-order valence-electron chi connectivity index (χ1n) is 4.37. The molecule has 1 aromatic heterocycles. The minimum atomic E-state index is -3.26. The predicted octanol–water partition coefficient (Wildman–Crippen LogP) is 1.65. The van der Waals surface area contributed by atoms with Gasteiger partial charge in [-0.05, 0) is 13.8 Å².